The van der Waals surface area contributed by atoms with E-state index < -0.39 is 4.92 Å². The minimum atomic E-state index is -0.538. The van der Waals surface area contributed by atoms with Gasteiger partial charge in [0.15, 0.2) is 11.5 Å². The number of nitro benzene ring substituents is 1. The molecule has 7 heteroatoms. The average Bonchev–Trinajstić information content (AvgIpc) is 2.34. The number of carbonyl (C=O) groups is 1. The van der Waals surface area contributed by atoms with E-state index >= 15 is 0 Å². The number of benzene rings is 1. The number of methoxy groups -OCH3 is 2. The first-order chi connectivity index (χ1) is 8.13. The minimum absolute atomic E-state index is 0.0557. The Kier molecular flexibility index (Phi) is 4.27. The van der Waals surface area contributed by atoms with Crippen LogP contribution in [0, 0.1) is 10.1 Å². The number of nitro groups is 1. The lowest BCUT2D eigenvalue weighted by atomic mass is 10.1. The van der Waals surface area contributed by atoms with Crippen molar-refractivity contribution >= 4 is 12.1 Å². The molecule has 1 amide bonds. The quantitative estimate of drug-likeness (QED) is 0.452. The summed E-state index contributed by atoms with van der Waals surface area (Å²) >= 11 is 0. The third-order valence-corrected chi connectivity index (χ3v) is 2.16. The van der Waals surface area contributed by atoms with Gasteiger partial charge in [0.1, 0.15) is 0 Å². The number of hydrogen-bond acceptors (Lipinski definition) is 5. The summed E-state index contributed by atoms with van der Waals surface area (Å²) in [5.41, 5.74) is 0.219. The van der Waals surface area contributed by atoms with Crippen molar-refractivity contribution in [3.05, 3.63) is 27.8 Å². The molecule has 0 bridgehead atoms. The second-order valence-corrected chi connectivity index (χ2v) is 3.09. The number of nitrogens with zero attached hydrogens (tertiary/aromatic N) is 1. The molecule has 1 aromatic carbocycles. The fourth-order valence-electron chi connectivity index (χ4n) is 1.37. The third-order valence-electron chi connectivity index (χ3n) is 2.16. The van der Waals surface area contributed by atoms with Crippen molar-refractivity contribution in [3.63, 3.8) is 0 Å². The summed E-state index contributed by atoms with van der Waals surface area (Å²) in [5, 5.41) is 13.2. The Balaban J connectivity index is 3.24. The van der Waals surface area contributed by atoms with E-state index in [9.17, 15) is 14.9 Å². The molecule has 0 saturated heterocycles. The van der Waals surface area contributed by atoms with Crippen molar-refractivity contribution < 1.29 is 19.2 Å². The molecule has 0 aliphatic heterocycles. The van der Waals surface area contributed by atoms with Crippen LogP contribution in [0.2, 0.25) is 0 Å². The van der Waals surface area contributed by atoms with Crippen molar-refractivity contribution in [3.8, 4) is 11.5 Å². The normalized spacial score (nSPS) is 9.53. The Bertz CT molecular complexity index is 433. The van der Waals surface area contributed by atoms with E-state index in [-0.39, 0.29) is 18.0 Å². The summed E-state index contributed by atoms with van der Waals surface area (Å²) in [6.45, 7) is 0.0557. The van der Waals surface area contributed by atoms with Crippen LogP contribution >= 0.6 is 0 Å². The molecule has 0 unspecified atom stereocenters. The fourth-order valence-corrected chi connectivity index (χ4v) is 1.37. The van der Waals surface area contributed by atoms with E-state index in [4.69, 9.17) is 9.47 Å². The molecular weight excluding hydrogens is 228 g/mol. The van der Waals surface area contributed by atoms with E-state index in [0.29, 0.717) is 17.7 Å². The molecule has 0 aliphatic rings. The van der Waals surface area contributed by atoms with Gasteiger partial charge >= 0.3 is 0 Å². The monoisotopic (exact) mass is 240 g/mol. The van der Waals surface area contributed by atoms with Gasteiger partial charge in [0, 0.05) is 6.54 Å². The number of amides is 1. The Labute approximate surface area is 97.5 Å². The van der Waals surface area contributed by atoms with Gasteiger partial charge in [-0.1, -0.05) is 0 Å². The van der Waals surface area contributed by atoms with Gasteiger partial charge < -0.3 is 14.8 Å². The van der Waals surface area contributed by atoms with Gasteiger partial charge in [0.05, 0.1) is 30.8 Å². The highest BCUT2D eigenvalue weighted by Gasteiger charge is 2.18. The van der Waals surface area contributed by atoms with Crippen molar-refractivity contribution in [2.45, 2.75) is 6.54 Å². The van der Waals surface area contributed by atoms with Gasteiger partial charge in [-0.2, -0.15) is 0 Å². The molecule has 0 fully saturated rings. The van der Waals surface area contributed by atoms with Crippen molar-refractivity contribution in [2.75, 3.05) is 14.2 Å². The van der Waals surface area contributed by atoms with E-state index in [1.165, 1.54) is 26.4 Å². The van der Waals surface area contributed by atoms with Crippen LogP contribution in [0.15, 0.2) is 12.1 Å². The molecule has 0 radical (unpaired) electrons. The summed E-state index contributed by atoms with van der Waals surface area (Å²) in [6.07, 6.45) is 0.473. The van der Waals surface area contributed by atoms with E-state index in [2.05, 4.69) is 5.32 Å². The van der Waals surface area contributed by atoms with Gasteiger partial charge in [-0.05, 0) is 6.07 Å². The second kappa shape index (κ2) is 5.69. The smallest absolute Gasteiger partial charge is 0.278 e. The number of nitrogens with one attached hydrogen (secondary N) is 1. The molecule has 0 aliphatic carbocycles. The van der Waals surface area contributed by atoms with Crippen LogP contribution in [0.1, 0.15) is 5.56 Å². The lowest BCUT2D eigenvalue weighted by molar-refractivity contribution is -0.385. The highest BCUT2D eigenvalue weighted by molar-refractivity contribution is 5.55. The van der Waals surface area contributed by atoms with Crippen LogP contribution in [-0.4, -0.2) is 25.6 Å². The molecule has 0 atom stereocenters. The lowest BCUT2D eigenvalue weighted by Gasteiger charge is -2.10. The zero-order valence-electron chi connectivity index (χ0n) is 9.43. The maximum Gasteiger partial charge on any atom is 0.278 e. The van der Waals surface area contributed by atoms with Crippen molar-refractivity contribution in [1.29, 1.82) is 0 Å². The van der Waals surface area contributed by atoms with E-state index in [0.717, 1.165) is 0 Å². The van der Waals surface area contributed by atoms with Crippen LogP contribution < -0.4 is 14.8 Å². The molecule has 1 aromatic rings. The van der Waals surface area contributed by atoms with Crippen LogP contribution in [0.25, 0.3) is 0 Å². The first kappa shape index (κ1) is 12.8. The van der Waals surface area contributed by atoms with Gasteiger partial charge in [-0.3, -0.25) is 14.9 Å². The van der Waals surface area contributed by atoms with Crippen LogP contribution in [0.3, 0.4) is 0 Å². The first-order valence-electron chi connectivity index (χ1n) is 4.70. The molecule has 1 N–H and O–H groups in total. The lowest BCUT2D eigenvalue weighted by Crippen LogP contribution is -2.11. The molecule has 17 heavy (non-hydrogen) atoms. The molecular formula is C10H12N2O5. The van der Waals surface area contributed by atoms with Gasteiger partial charge in [-0.25, -0.2) is 0 Å². The Morgan fingerprint density at radius 1 is 1.35 bits per heavy atom. The predicted octanol–water partition coefficient (Wildman–Crippen LogP) is 0.858. The zero-order valence-corrected chi connectivity index (χ0v) is 9.43. The summed E-state index contributed by atoms with van der Waals surface area (Å²) < 4.78 is 9.99. The summed E-state index contributed by atoms with van der Waals surface area (Å²) in [7, 11) is 2.82. The molecule has 7 nitrogen and oxygen atoms in total. The second-order valence-electron chi connectivity index (χ2n) is 3.09. The number of carbonyl (C=O) groups excluding carboxylic acids is 1. The number of rotatable bonds is 6. The average molecular weight is 240 g/mol. The van der Waals surface area contributed by atoms with Gasteiger partial charge in [0.25, 0.3) is 5.69 Å². The molecule has 0 spiro atoms. The summed E-state index contributed by atoms with van der Waals surface area (Å²) in [5.74, 6) is 0.648. The Hall–Kier alpha value is -2.31. The largest absolute Gasteiger partial charge is 0.493 e. The van der Waals surface area contributed by atoms with Crippen molar-refractivity contribution in [2.24, 2.45) is 0 Å². The zero-order chi connectivity index (χ0) is 12.8. The van der Waals surface area contributed by atoms with Crippen LogP contribution in [0.5, 0.6) is 11.5 Å². The molecule has 0 saturated carbocycles. The number of ether oxygens (including phenoxy) is 2. The van der Waals surface area contributed by atoms with Gasteiger partial charge in [0.2, 0.25) is 6.41 Å². The van der Waals surface area contributed by atoms with Gasteiger partial charge in [-0.15, -0.1) is 0 Å². The van der Waals surface area contributed by atoms with Crippen molar-refractivity contribution in [1.82, 2.24) is 5.32 Å². The molecule has 0 aromatic heterocycles. The van der Waals surface area contributed by atoms with Crippen LogP contribution in [0.4, 0.5) is 5.69 Å². The highest BCUT2D eigenvalue weighted by Crippen LogP contribution is 2.34. The Morgan fingerprint density at radius 3 is 2.41 bits per heavy atom. The molecule has 1 rings (SSSR count). The maximum absolute atomic E-state index is 10.8. The van der Waals surface area contributed by atoms with E-state index in [1.54, 1.807) is 0 Å². The fraction of sp³-hybridized carbons (Fsp3) is 0.300. The predicted molar refractivity (Wildman–Crippen MR) is 59.1 cm³/mol. The summed E-state index contributed by atoms with van der Waals surface area (Å²) in [4.78, 5) is 20.5. The van der Waals surface area contributed by atoms with Crippen LogP contribution in [-0.2, 0) is 11.3 Å². The summed E-state index contributed by atoms with van der Waals surface area (Å²) in [6, 6.07) is 2.73. The maximum atomic E-state index is 10.8. The number of hydrogen-bond donors (Lipinski definition) is 1. The minimum Gasteiger partial charge on any atom is -0.493 e. The SMILES string of the molecule is COc1cc(CNC=O)c([N+](=O)[O-])cc1OC. The highest BCUT2D eigenvalue weighted by atomic mass is 16.6. The Morgan fingerprint density at radius 2 is 1.94 bits per heavy atom. The molecule has 92 valence electrons. The standard InChI is InChI=1S/C10H12N2O5/c1-16-9-3-7(5-11-6-13)8(12(14)15)4-10(9)17-2/h3-4,6H,5H2,1-2H3,(H,11,13). The van der Waals surface area contributed by atoms with E-state index in [1.807, 2.05) is 0 Å². The topological polar surface area (TPSA) is 90.7 Å². The third kappa shape index (κ3) is 2.83. The first-order valence-corrected chi connectivity index (χ1v) is 4.70. The molecule has 0 heterocycles.